The first-order chi connectivity index (χ1) is 12.5. The van der Waals surface area contributed by atoms with Gasteiger partial charge in [0.2, 0.25) is 5.91 Å². The number of ether oxygens (including phenoxy) is 1. The molecular formula is C21H28N2O3. The van der Waals surface area contributed by atoms with E-state index in [0.717, 1.165) is 41.3 Å². The fraction of sp³-hybridized carbons (Fsp3) is 0.524. The molecule has 0 radical (unpaired) electrons. The molecule has 0 aliphatic heterocycles. The van der Waals surface area contributed by atoms with Crippen LogP contribution in [0.25, 0.3) is 10.9 Å². The first-order valence-electron chi connectivity index (χ1n) is 9.49. The standard InChI is InChI=1S/C21H28N2O3/c1-4-26-9-5-8-23(21(25)16-6-7-16)13-18-12-17-11-14(2)10-15(3)19(17)22-20(18)24/h10-12,16H,4-9,13H2,1-3H3,(H,22,24). The first-order valence-corrected chi connectivity index (χ1v) is 9.49. The van der Waals surface area contributed by atoms with Crippen LogP contribution in [0.2, 0.25) is 0 Å². The molecule has 0 spiro atoms. The average molecular weight is 356 g/mol. The molecule has 0 saturated heterocycles. The summed E-state index contributed by atoms with van der Waals surface area (Å²) < 4.78 is 5.39. The molecule has 0 atom stereocenters. The number of pyridine rings is 1. The summed E-state index contributed by atoms with van der Waals surface area (Å²) in [5, 5.41) is 1.02. The van der Waals surface area contributed by atoms with E-state index in [4.69, 9.17) is 4.74 Å². The highest BCUT2D eigenvalue weighted by Crippen LogP contribution is 2.31. The van der Waals surface area contributed by atoms with E-state index in [2.05, 4.69) is 17.1 Å². The minimum atomic E-state index is -0.108. The monoisotopic (exact) mass is 356 g/mol. The Bertz CT molecular complexity index is 852. The molecule has 140 valence electrons. The van der Waals surface area contributed by atoms with Crippen molar-refractivity contribution in [1.82, 2.24) is 9.88 Å². The predicted molar refractivity (Wildman–Crippen MR) is 103 cm³/mol. The third-order valence-corrected chi connectivity index (χ3v) is 4.89. The van der Waals surface area contributed by atoms with Gasteiger partial charge >= 0.3 is 0 Å². The van der Waals surface area contributed by atoms with Crippen LogP contribution in [0, 0.1) is 19.8 Å². The Balaban J connectivity index is 1.83. The van der Waals surface area contributed by atoms with Crippen molar-refractivity contribution in [3.8, 4) is 0 Å². The molecule has 1 aliphatic carbocycles. The van der Waals surface area contributed by atoms with Crippen molar-refractivity contribution in [3.63, 3.8) is 0 Å². The number of nitrogens with one attached hydrogen (secondary N) is 1. The second-order valence-corrected chi connectivity index (χ2v) is 7.25. The van der Waals surface area contributed by atoms with Gasteiger partial charge in [-0.2, -0.15) is 0 Å². The molecule has 1 N–H and O–H groups in total. The Hall–Kier alpha value is -2.14. The largest absolute Gasteiger partial charge is 0.382 e. The second-order valence-electron chi connectivity index (χ2n) is 7.25. The molecule has 5 heteroatoms. The van der Waals surface area contributed by atoms with Gasteiger partial charge in [0.15, 0.2) is 0 Å². The van der Waals surface area contributed by atoms with Gasteiger partial charge in [0.1, 0.15) is 0 Å². The topological polar surface area (TPSA) is 62.4 Å². The van der Waals surface area contributed by atoms with E-state index < -0.39 is 0 Å². The molecule has 3 rings (SSSR count). The van der Waals surface area contributed by atoms with Gasteiger partial charge in [0.05, 0.1) is 12.1 Å². The van der Waals surface area contributed by atoms with Crippen LogP contribution < -0.4 is 5.56 Å². The Labute approximate surface area is 154 Å². The van der Waals surface area contributed by atoms with Gasteiger partial charge in [0.25, 0.3) is 5.56 Å². The maximum Gasteiger partial charge on any atom is 0.253 e. The highest BCUT2D eigenvalue weighted by Gasteiger charge is 2.33. The van der Waals surface area contributed by atoms with Gasteiger partial charge < -0.3 is 14.6 Å². The third kappa shape index (κ3) is 4.33. The molecule has 1 heterocycles. The summed E-state index contributed by atoms with van der Waals surface area (Å²) in [6.45, 7) is 8.32. The highest BCUT2D eigenvalue weighted by molar-refractivity contribution is 5.83. The number of nitrogens with zero attached hydrogens (tertiary/aromatic N) is 1. The lowest BCUT2D eigenvalue weighted by atomic mass is 10.0. The Kier molecular flexibility index (Phi) is 5.77. The summed E-state index contributed by atoms with van der Waals surface area (Å²) in [5.41, 5.74) is 3.64. The summed E-state index contributed by atoms with van der Waals surface area (Å²) in [7, 11) is 0. The van der Waals surface area contributed by atoms with Crippen molar-refractivity contribution in [2.75, 3.05) is 19.8 Å². The van der Waals surface area contributed by atoms with Crippen molar-refractivity contribution >= 4 is 16.8 Å². The third-order valence-electron chi connectivity index (χ3n) is 4.89. The SMILES string of the molecule is CCOCCCN(Cc1cc2cc(C)cc(C)c2[nH]c1=O)C(=O)C1CC1. The second kappa shape index (κ2) is 8.04. The lowest BCUT2D eigenvalue weighted by Crippen LogP contribution is -2.35. The molecule has 1 aromatic heterocycles. The van der Waals surface area contributed by atoms with Gasteiger partial charge in [-0.05, 0) is 63.1 Å². The fourth-order valence-corrected chi connectivity index (χ4v) is 3.41. The molecular weight excluding hydrogens is 328 g/mol. The van der Waals surface area contributed by atoms with Gasteiger partial charge in [-0.3, -0.25) is 9.59 Å². The normalized spacial score (nSPS) is 14.0. The maximum atomic E-state index is 12.6. The van der Waals surface area contributed by atoms with E-state index in [1.165, 1.54) is 0 Å². The number of fused-ring (bicyclic) bond motifs is 1. The van der Waals surface area contributed by atoms with Gasteiger partial charge in [-0.15, -0.1) is 0 Å². The Morgan fingerprint density at radius 3 is 2.73 bits per heavy atom. The molecule has 0 unspecified atom stereocenters. The Morgan fingerprint density at radius 1 is 1.27 bits per heavy atom. The number of amides is 1. The smallest absolute Gasteiger partial charge is 0.253 e. The molecule has 1 aromatic carbocycles. The number of H-pyrrole nitrogens is 1. The molecule has 1 amide bonds. The zero-order chi connectivity index (χ0) is 18.7. The van der Waals surface area contributed by atoms with Gasteiger partial charge in [-0.1, -0.05) is 11.6 Å². The molecule has 1 aliphatic rings. The number of aromatic amines is 1. The van der Waals surface area contributed by atoms with Crippen LogP contribution in [-0.2, 0) is 16.1 Å². The molecule has 1 saturated carbocycles. The summed E-state index contributed by atoms with van der Waals surface area (Å²) >= 11 is 0. The number of hydrogen-bond donors (Lipinski definition) is 1. The quantitative estimate of drug-likeness (QED) is 0.738. The van der Waals surface area contributed by atoms with Crippen molar-refractivity contribution < 1.29 is 9.53 Å². The van der Waals surface area contributed by atoms with Gasteiger partial charge in [0, 0.05) is 31.2 Å². The van der Waals surface area contributed by atoms with Crippen LogP contribution >= 0.6 is 0 Å². The van der Waals surface area contributed by atoms with Crippen LogP contribution in [0.1, 0.15) is 42.9 Å². The van der Waals surface area contributed by atoms with E-state index in [9.17, 15) is 9.59 Å². The summed E-state index contributed by atoms with van der Waals surface area (Å²) in [4.78, 5) is 30.0. The molecule has 26 heavy (non-hydrogen) atoms. The highest BCUT2D eigenvalue weighted by atomic mass is 16.5. The van der Waals surface area contributed by atoms with E-state index in [-0.39, 0.29) is 17.4 Å². The van der Waals surface area contributed by atoms with Crippen molar-refractivity contribution in [1.29, 1.82) is 0 Å². The van der Waals surface area contributed by atoms with E-state index in [1.807, 2.05) is 31.7 Å². The lowest BCUT2D eigenvalue weighted by molar-refractivity contribution is -0.133. The number of hydrogen-bond acceptors (Lipinski definition) is 3. The number of aromatic nitrogens is 1. The number of aryl methyl sites for hydroxylation is 2. The predicted octanol–water partition coefficient (Wildman–Crippen LogP) is 3.31. The summed E-state index contributed by atoms with van der Waals surface area (Å²) in [5.74, 6) is 0.313. The van der Waals surface area contributed by atoms with Crippen LogP contribution in [0.4, 0.5) is 0 Å². The van der Waals surface area contributed by atoms with Crippen LogP contribution in [0.15, 0.2) is 23.0 Å². The fourth-order valence-electron chi connectivity index (χ4n) is 3.41. The number of carbonyl (C=O) groups excluding carboxylic acids is 1. The van der Waals surface area contributed by atoms with E-state index in [0.29, 0.717) is 31.9 Å². The van der Waals surface area contributed by atoms with E-state index in [1.54, 1.807) is 0 Å². The molecule has 0 bridgehead atoms. The van der Waals surface area contributed by atoms with Crippen molar-refractivity contribution in [2.24, 2.45) is 5.92 Å². The summed E-state index contributed by atoms with van der Waals surface area (Å²) in [6.07, 6.45) is 2.72. The van der Waals surface area contributed by atoms with Gasteiger partial charge in [-0.25, -0.2) is 0 Å². The lowest BCUT2D eigenvalue weighted by Gasteiger charge is -2.23. The maximum absolute atomic E-state index is 12.6. The Morgan fingerprint density at radius 2 is 2.04 bits per heavy atom. The summed E-state index contributed by atoms with van der Waals surface area (Å²) in [6, 6.07) is 6.07. The van der Waals surface area contributed by atoms with E-state index >= 15 is 0 Å². The van der Waals surface area contributed by atoms with Crippen LogP contribution in [0.5, 0.6) is 0 Å². The number of rotatable bonds is 8. The van der Waals surface area contributed by atoms with Crippen molar-refractivity contribution in [2.45, 2.75) is 46.6 Å². The minimum absolute atomic E-state index is 0.108. The average Bonchev–Trinajstić information content (AvgIpc) is 3.43. The van der Waals surface area contributed by atoms with Crippen molar-refractivity contribution in [3.05, 3.63) is 45.2 Å². The number of carbonyl (C=O) groups is 1. The molecule has 5 nitrogen and oxygen atoms in total. The first kappa shape index (κ1) is 18.6. The zero-order valence-corrected chi connectivity index (χ0v) is 15.9. The molecule has 2 aromatic rings. The number of benzene rings is 1. The zero-order valence-electron chi connectivity index (χ0n) is 15.9. The van der Waals surface area contributed by atoms with Crippen LogP contribution in [0.3, 0.4) is 0 Å². The van der Waals surface area contributed by atoms with Crippen LogP contribution in [-0.4, -0.2) is 35.5 Å². The molecule has 1 fully saturated rings. The minimum Gasteiger partial charge on any atom is -0.382 e.